The molecule has 0 amide bonds. The van der Waals surface area contributed by atoms with E-state index in [4.69, 9.17) is 14.2 Å². The number of cyclic esters (lactones) is 1. The zero-order valence-corrected chi connectivity index (χ0v) is 16.4. The summed E-state index contributed by atoms with van der Waals surface area (Å²) in [6.45, 7) is 3.94. The molecule has 0 aliphatic carbocycles. The zero-order valence-electron chi connectivity index (χ0n) is 16.4. The van der Waals surface area contributed by atoms with Crippen molar-refractivity contribution >= 4 is 23.9 Å². The molecule has 0 saturated heterocycles. The van der Waals surface area contributed by atoms with Gasteiger partial charge in [0.25, 0.3) is 0 Å². The van der Waals surface area contributed by atoms with Crippen LogP contribution in [0.2, 0.25) is 0 Å². The van der Waals surface area contributed by atoms with Gasteiger partial charge in [0.1, 0.15) is 0 Å². The molecule has 0 fully saturated rings. The van der Waals surface area contributed by atoms with Gasteiger partial charge >= 0.3 is 11.9 Å². The first-order chi connectivity index (χ1) is 14.0. The molecule has 7 nitrogen and oxygen atoms in total. The molecular formula is C22H21NO6. The van der Waals surface area contributed by atoms with Crippen LogP contribution < -0.4 is 9.47 Å². The van der Waals surface area contributed by atoms with Crippen LogP contribution in [0.15, 0.2) is 53.2 Å². The van der Waals surface area contributed by atoms with Gasteiger partial charge in [-0.15, -0.1) is 0 Å². The molecule has 0 N–H and O–H groups in total. The summed E-state index contributed by atoms with van der Waals surface area (Å²) in [5.41, 5.74) is 2.60. The molecule has 1 heterocycles. The first-order valence-corrected chi connectivity index (χ1v) is 9.07. The second-order valence-electron chi connectivity index (χ2n) is 6.15. The Morgan fingerprint density at radius 2 is 1.93 bits per heavy atom. The van der Waals surface area contributed by atoms with E-state index in [0.29, 0.717) is 23.7 Å². The molecule has 29 heavy (non-hydrogen) atoms. The number of rotatable bonds is 7. The lowest BCUT2D eigenvalue weighted by Gasteiger charge is -2.11. The Bertz CT molecular complexity index is 993. The first-order valence-electron chi connectivity index (χ1n) is 9.07. The van der Waals surface area contributed by atoms with Gasteiger partial charge in [-0.2, -0.15) is 0 Å². The van der Waals surface area contributed by atoms with E-state index in [-0.39, 0.29) is 18.2 Å². The van der Waals surface area contributed by atoms with Crippen molar-refractivity contribution in [3.8, 4) is 11.5 Å². The highest BCUT2D eigenvalue weighted by atomic mass is 16.6. The second-order valence-corrected chi connectivity index (χ2v) is 6.15. The predicted molar refractivity (Wildman–Crippen MR) is 107 cm³/mol. The normalized spacial score (nSPS) is 14.4. The number of esters is 2. The van der Waals surface area contributed by atoms with Crippen LogP contribution in [0.1, 0.15) is 23.6 Å². The molecule has 150 valence electrons. The molecular weight excluding hydrogens is 374 g/mol. The van der Waals surface area contributed by atoms with Crippen molar-refractivity contribution in [3.05, 3.63) is 64.9 Å². The third-order valence-electron chi connectivity index (χ3n) is 4.14. The summed E-state index contributed by atoms with van der Waals surface area (Å²) in [4.78, 5) is 27.9. The van der Waals surface area contributed by atoms with Gasteiger partial charge in [0.15, 0.2) is 23.8 Å². The van der Waals surface area contributed by atoms with Gasteiger partial charge in [-0.1, -0.05) is 24.3 Å². The minimum absolute atomic E-state index is 0.189. The molecule has 1 aliphatic heterocycles. The molecule has 0 spiro atoms. The summed E-state index contributed by atoms with van der Waals surface area (Å²) in [6, 6.07) is 12.6. The molecule has 0 radical (unpaired) electrons. The standard InChI is InChI=1S/C22H21NO6/c1-4-27-19-12-15(9-10-18(19)28-13-20(24)26-3)11-17-22(25)29-21(23-17)16-8-6-5-7-14(16)2/h5-12H,4,13H2,1-3H3. The van der Waals surface area contributed by atoms with Crippen molar-refractivity contribution in [1.29, 1.82) is 0 Å². The number of benzene rings is 2. The number of aliphatic imine (C=N–C) groups is 1. The number of carbonyl (C=O) groups excluding carboxylic acids is 2. The highest BCUT2D eigenvalue weighted by Crippen LogP contribution is 2.30. The summed E-state index contributed by atoms with van der Waals surface area (Å²) in [5.74, 6) is 0.109. The third kappa shape index (κ3) is 4.82. The van der Waals surface area contributed by atoms with E-state index in [1.807, 2.05) is 38.1 Å². The molecule has 0 atom stereocenters. The fraction of sp³-hybridized carbons (Fsp3) is 0.227. The number of carbonyl (C=O) groups is 2. The summed E-state index contributed by atoms with van der Waals surface area (Å²) >= 11 is 0. The van der Waals surface area contributed by atoms with Gasteiger partial charge in [-0.25, -0.2) is 14.6 Å². The fourth-order valence-corrected chi connectivity index (χ4v) is 2.69. The van der Waals surface area contributed by atoms with Crippen LogP contribution in [-0.4, -0.2) is 38.2 Å². The van der Waals surface area contributed by atoms with Crippen LogP contribution in [0.3, 0.4) is 0 Å². The summed E-state index contributed by atoms with van der Waals surface area (Å²) in [7, 11) is 1.29. The Hall–Kier alpha value is -3.61. The smallest absolute Gasteiger partial charge is 0.363 e. The van der Waals surface area contributed by atoms with E-state index in [1.165, 1.54) is 7.11 Å². The van der Waals surface area contributed by atoms with Crippen molar-refractivity contribution in [2.75, 3.05) is 20.3 Å². The van der Waals surface area contributed by atoms with Gasteiger partial charge in [-0.05, 0) is 49.2 Å². The van der Waals surface area contributed by atoms with Crippen LogP contribution in [0.5, 0.6) is 11.5 Å². The Labute approximate surface area is 168 Å². The van der Waals surface area contributed by atoms with Crippen molar-refractivity contribution in [1.82, 2.24) is 0 Å². The van der Waals surface area contributed by atoms with Crippen LogP contribution >= 0.6 is 0 Å². The van der Waals surface area contributed by atoms with Crippen LogP contribution in [0.4, 0.5) is 0 Å². The van der Waals surface area contributed by atoms with E-state index in [0.717, 1.165) is 11.1 Å². The molecule has 2 aromatic carbocycles. The minimum atomic E-state index is -0.521. The topological polar surface area (TPSA) is 83.4 Å². The third-order valence-corrected chi connectivity index (χ3v) is 4.14. The number of hydrogen-bond acceptors (Lipinski definition) is 7. The maximum Gasteiger partial charge on any atom is 0.363 e. The Morgan fingerprint density at radius 3 is 2.66 bits per heavy atom. The molecule has 0 unspecified atom stereocenters. The molecule has 2 aromatic rings. The lowest BCUT2D eigenvalue weighted by Crippen LogP contribution is -2.13. The summed E-state index contributed by atoms with van der Waals surface area (Å²) in [6.07, 6.45) is 1.61. The lowest BCUT2D eigenvalue weighted by molar-refractivity contribution is -0.143. The number of aryl methyl sites for hydroxylation is 1. The van der Waals surface area contributed by atoms with Crippen molar-refractivity contribution in [3.63, 3.8) is 0 Å². The predicted octanol–water partition coefficient (Wildman–Crippen LogP) is 3.29. The minimum Gasteiger partial charge on any atom is -0.490 e. The Balaban J connectivity index is 1.87. The van der Waals surface area contributed by atoms with E-state index < -0.39 is 11.9 Å². The average molecular weight is 395 g/mol. The molecule has 7 heteroatoms. The maximum absolute atomic E-state index is 12.2. The van der Waals surface area contributed by atoms with E-state index in [1.54, 1.807) is 24.3 Å². The number of hydrogen-bond donors (Lipinski definition) is 0. The Kier molecular flexibility index (Phi) is 6.29. The fourth-order valence-electron chi connectivity index (χ4n) is 2.69. The van der Waals surface area contributed by atoms with Crippen LogP contribution in [0, 0.1) is 6.92 Å². The van der Waals surface area contributed by atoms with E-state index in [2.05, 4.69) is 9.73 Å². The van der Waals surface area contributed by atoms with E-state index in [9.17, 15) is 9.59 Å². The molecule has 3 rings (SSSR count). The number of methoxy groups -OCH3 is 1. The molecule has 0 aromatic heterocycles. The highest BCUT2D eigenvalue weighted by molar-refractivity contribution is 6.13. The largest absolute Gasteiger partial charge is 0.490 e. The van der Waals surface area contributed by atoms with Crippen LogP contribution in [-0.2, 0) is 19.1 Å². The average Bonchev–Trinajstić information content (AvgIpc) is 3.07. The van der Waals surface area contributed by atoms with Gasteiger partial charge in [0, 0.05) is 5.56 Å². The molecule has 0 bridgehead atoms. The quantitative estimate of drug-likeness (QED) is 0.528. The second kappa shape index (κ2) is 9.05. The zero-order chi connectivity index (χ0) is 20.8. The van der Waals surface area contributed by atoms with Crippen molar-refractivity contribution in [2.24, 2.45) is 4.99 Å². The van der Waals surface area contributed by atoms with Gasteiger partial charge in [0.05, 0.1) is 13.7 Å². The van der Waals surface area contributed by atoms with E-state index >= 15 is 0 Å². The summed E-state index contributed by atoms with van der Waals surface area (Å²) < 4.78 is 20.9. The van der Waals surface area contributed by atoms with Gasteiger partial charge in [-0.3, -0.25) is 0 Å². The summed E-state index contributed by atoms with van der Waals surface area (Å²) in [5, 5.41) is 0. The highest BCUT2D eigenvalue weighted by Gasteiger charge is 2.25. The molecule has 0 saturated carbocycles. The van der Waals surface area contributed by atoms with Crippen molar-refractivity contribution < 1.29 is 28.5 Å². The lowest BCUT2D eigenvalue weighted by atomic mass is 10.1. The van der Waals surface area contributed by atoms with Crippen molar-refractivity contribution in [2.45, 2.75) is 13.8 Å². The first kappa shape index (κ1) is 20.1. The molecule has 1 aliphatic rings. The van der Waals surface area contributed by atoms with Gasteiger partial charge < -0.3 is 18.9 Å². The van der Waals surface area contributed by atoms with Gasteiger partial charge in [0.2, 0.25) is 5.90 Å². The SMILES string of the molecule is CCOc1cc(C=C2N=C(c3ccccc3C)OC2=O)ccc1OCC(=O)OC. The monoisotopic (exact) mass is 395 g/mol. The maximum atomic E-state index is 12.2. The Morgan fingerprint density at radius 1 is 1.14 bits per heavy atom. The number of ether oxygens (including phenoxy) is 4. The number of nitrogens with zero attached hydrogens (tertiary/aromatic N) is 1. The van der Waals surface area contributed by atoms with Crippen LogP contribution in [0.25, 0.3) is 6.08 Å².